The largest absolute Gasteiger partial charge is 0.508 e. The van der Waals surface area contributed by atoms with Crippen LogP contribution >= 0.6 is 0 Å². The maximum Gasteiger partial charge on any atom is 0.348 e. The molecule has 4 amide bonds. The Morgan fingerprint density at radius 2 is 1.80 bits per heavy atom. The number of fused-ring (bicyclic) bond motifs is 2. The Morgan fingerprint density at radius 3 is 2.56 bits per heavy atom. The standard InChI is InChI=1S/C40H44N8O6/c1-23(2)29-19-30(35(50)20-34(29)49)37-43-44-40(54)48(37)26-6-8-33-25(18-26)13-17-45(33)14-10-24-11-15-46(16-12-24)39(53)42-32-5-3-4-28-31(32)22-47(38(28)52)27-7-9-36(51)41-21-27/h3-6,8,13,17-20,23-24,27,49-50H,7,9-12,14-16,21-22H2,1-2H3,(H,41,51)(H,42,53)(H,44,54). The number of urea groups is 1. The zero-order valence-corrected chi connectivity index (χ0v) is 30.3. The first-order valence-electron chi connectivity index (χ1n) is 18.6. The van der Waals surface area contributed by atoms with E-state index in [2.05, 4.69) is 25.4 Å². The maximum atomic E-state index is 13.4. The first-order valence-corrected chi connectivity index (χ1v) is 18.6. The fourth-order valence-corrected chi connectivity index (χ4v) is 8.17. The molecule has 2 saturated heterocycles. The van der Waals surface area contributed by atoms with Crippen molar-refractivity contribution in [1.82, 2.24) is 34.4 Å². The number of phenols is 2. The lowest BCUT2D eigenvalue weighted by molar-refractivity contribution is -0.123. The molecular weight excluding hydrogens is 688 g/mol. The fourth-order valence-electron chi connectivity index (χ4n) is 8.17. The van der Waals surface area contributed by atoms with Gasteiger partial charge in [0.1, 0.15) is 11.5 Å². The lowest BCUT2D eigenvalue weighted by atomic mass is 9.93. The molecule has 5 aromatic rings. The minimum Gasteiger partial charge on any atom is -0.508 e. The lowest BCUT2D eigenvalue weighted by Gasteiger charge is -2.32. The van der Waals surface area contributed by atoms with Crippen LogP contribution < -0.4 is 16.3 Å². The number of aromatic nitrogens is 4. The second-order valence-corrected chi connectivity index (χ2v) is 14.9. The predicted octanol–water partition coefficient (Wildman–Crippen LogP) is 5.29. The van der Waals surface area contributed by atoms with Crippen molar-refractivity contribution in [3.05, 3.63) is 88.0 Å². The number of carbonyl (C=O) groups is 3. The Kier molecular flexibility index (Phi) is 9.12. The molecule has 14 nitrogen and oxygen atoms in total. The first-order chi connectivity index (χ1) is 26.0. The number of nitrogens with zero attached hydrogens (tertiary/aromatic N) is 5. The molecule has 5 N–H and O–H groups in total. The number of hydrogen-bond acceptors (Lipinski definition) is 7. The number of phenolic OH excluding ortho intramolecular Hbond substituents is 2. The average Bonchev–Trinajstić information content (AvgIpc) is 3.86. The maximum absolute atomic E-state index is 13.4. The number of anilines is 1. The number of piperidine rings is 2. The summed E-state index contributed by atoms with van der Waals surface area (Å²) in [5.74, 6) is 0.462. The van der Waals surface area contributed by atoms with Crippen LogP contribution in [0.1, 0.15) is 73.4 Å². The van der Waals surface area contributed by atoms with Gasteiger partial charge in [0.2, 0.25) is 5.91 Å². The van der Waals surface area contributed by atoms with Gasteiger partial charge in [-0.25, -0.2) is 19.3 Å². The number of aromatic hydroxyl groups is 2. The molecule has 0 saturated carbocycles. The van der Waals surface area contributed by atoms with Gasteiger partial charge in [-0.2, -0.15) is 5.10 Å². The summed E-state index contributed by atoms with van der Waals surface area (Å²) in [5, 5.41) is 34.6. The quantitative estimate of drug-likeness (QED) is 0.144. The third kappa shape index (κ3) is 6.45. The molecule has 0 spiro atoms. The van der Waals surface area contributed by atoms with Gasteiger partial charge in [0.25, 0.3) is 5.91 Å². The van der Waals surface area contributed by atoms with Gasteiger partial charge in [0, 0.05) is 79.1 Å². The first kappa shape index (κ1) is 35.0. The summed E-state index contributed by atoms with van der Waals surface area (Å²) in [6.45, 7) is 6.83. The number of aromatic amines is 1. The van der Waals surface area contributed by atoms with Crippen LogP contribution in [0.25, 0.3) is 28.0 Å². The average molecular weight is 733 g/mol. The van der Waals surface area contributed by atoms with E-state index < -0.39 is 5.69 Å². The molecule has 0 bridgehead atoms. The van der Waals surface area contributed by atoms with E-state index in [0.29, 0.717) is 73.0 Å². The number of nitrogens with one attached hydrogen (secondary N) is 3. The van der Waals surface area contributed by atoms with Crippen molar-refractivity contribution in [1.29, 1.82) is 0 Å². The highest BCUT2D eigenvalue weighted by Crippen LogP contribution is 2.38. The van der Waals surface area contributed by atoms with E-state index in [1.165, 1.54) is 10.6 Å². The summed E-state index contributed by atoms with van der Waals surface area (Å²) < 4.78 is 3.63. The molecule has 2 aromatic heterocycles. The molecule has 0 aliphatic carbocycles. The molecule has 0 radical (unpaired) electrons. The van der Waals surface area contributed by atoms with Gasteiger partial charge in [-0.3, -0.25) is 9.59 Å². The number of likely N-dealkylation sites (tertiary alicyclic amines) is 1. The molecule has 5 heterocycles. The number of hydrogen-bond donors (Lipinski definition) is 5. The van der Waals surface area contributed by atoms with Gasteiger partial charge < -0.3 is 35.2 Å². The number of rotatable bonds is 8. The number of amides is 4. The van der Waals surface area contributed by atoms with Crippen molar-refractivity contribution in [2.24, 2.45) is 5.92 Å². The number of aryl methyl sites for hydroxylation is 1. The Morgan fingerprint density at radius 1 is 0.981 bits per heavy atom. The topological polar surface area (TPSA) is 178 Å². The Bertz CT molecular complexity index is 2320. The van der Waals surface area contributed by atoms with E-state index in [1.54, 1.807) is 18.2 Å². The van der Waals surface area contributed by atoms with Crippen molar-refractivity contribution < 1.29 is 24.6 Å². The monoisotopic (exact) mass is 732 g/mol. The minimum absolute atomic E-state index is 0.00576. The summed E-state index contributed by atoms with van der Waals surface area (Å²) in [7, 11) is 0. The molecule has 14 heteroatoms. The molecule has 3 aromatic carbocycles. The van der Waals surface area contributed by atoms with Gasteiger partial charge in [-0.15, -0.1) is 0 Å². The zero-order valence-electron chi connectivity index (χ0n) is 30.3. The summed E-state index contributed by atoms with van der Waals surface area (Å²) in [6.07, 6.45) is 5.81. The smallest absolute Gasteiger partial charge is 0.348 e. The third-order valence-electron chi connectivity index (χ3n) is 11.3. The summed E-state index contributed by atoms with van der Waals surface area (Å²) in [4.78, 5) is 54.9. The van der Waals surface area contributed by atoms with Crippen molar-refractivity contribution in [2.45, 2.75) is 71.0 Å². The van der Waals surface area contributed by atoms with Crippen LogP contribution in [0, 0.1) is 5.92 Å². The minimum atomic E-state index is -0.441. The van der Waals surface area contributed by atoms with E-state index in [1.807, 2.05) is 60.2 Å². The lowest BCUT2D eigenvalue weighted by Crippen LogP contribution is -2.48. The highest BCUT2D eigenvalue weighted by atomic mass is 16.3. The van der Waals surface area contributed by atoms with Crippen molar-refractivity contribution in [3.8, 4) is 28.6 Å². The van der Waals surface area contributed by atoms with Crippen LogP contribution in [-0.2, 0) is 17.9 Å². The second kappa shape index (κ2) is 14.1. The normalized spacial score (nSPS) is 17.7. The van der Waals surface area contributed by atoms with Gasteiger partial charge >= 0.3 is 11.7 Å². The van der Waals surface area contributed by atoms with Crippen LogP contribution in [0.15, 0.2) is 65.6 Å². The summed E-state index contributed by atoms with van der Waals surface area (Å²) in [5.41, 5.74) is 4.26. The molecule has 1 atom stereocenters. The van der Waals surface area contributed by atoms with Gasteiger partial charge in [-0.05, 0) is 85.5 Å². The van der Waals surface area contributed by atoms with Crippen molar-refractivity contribution >= 4 is 34.4 Å². The molecule has 3 aliphatic rings. The van der Waals surface area contributed by atoms with Crippen LogP contribution in [0.2, 0.25) is 0 Å². The Hall–Kier alpha value is -6.05. The van der Waals surface area contributed by atoms with E-state index >= 15 is 0 Å². The van der Waals surface area contributed by atoms with Gasteiger partial charge in [-0.1, -0.05) is 19.9 Å². The highest BCUT2D eigenvalue weighted by molar-refractivity contribution is 6.02. The SMILES string of the molecule is CC(C)c1cc(-c2n[nH]c(=O)n2-c2ccc3c(ccn3CCC3CCN(C(=O)Nc4cccc5c4CN(C4CCC(=O)NC4)C5=O)CC3)c2)c(O)cc1O. The zero-order chi connectivity index (χ0) is 37.7. The predicted molar refractivity (Wildman–Crippen MR) is 203 cm³/mol. The molecule has 3 aliphatic heterocycles. The number of H-pyrrole nitrogens is 1. The number of carbonyl (C=O) groups excluding carboxylic acids is 3. The van der Waals surface area contributed by atoms with E-state index in [4.69, 9.17) is 0 Å². The Balaban J connectivity index is 0.886. The van der Waals surface area contributed by atoms with Crippen LogP contribution in [0.5, 0.6) is 11.5 Å². The second-order valence-electron chi connectivity index (χ2n) is 14.9. The van der Waals surface area contributed by atoms with Crippen molar-refractivity contribution in [3.63, 3.8) is 0 Å². The summed E-state index contributed by atoms with van der Waals surface area (Å²) in [6, 6.07) is 16.0. The third-order valence-corrected chi connectivity index (χ3v) is 11.3. The number of benzene rings is 3. The van der Waals surface area contributed by atoms with Crippen LogP contribution in [-0.4, -0.2) is 82.9 Å². The Labute approximate surface area is 311 Å². The molecule has 2 fully saturated rings. The molecular formula is C40H44N8O6. The van der Waals surface area contributed by atoms with Crippen LogP contribution in [0.3, 0.4) is 0 Å². The van der Waals surface area contributed by atoms with E-state index in [-0.39, 0.29) is 47.1 Å². The van der Waals surface area contributed by atoms with Crippen molar-refractivity contribution in [2.75, 3.05) is 25.0 Å². The van der Waals surface area contributed by atoms with Crippen LogP contribution in [0.4, 0.5) is 10.5 Å². The fraction of sp³-hybridized carbons (Fsp3) is 0.375. The molecule has 54 heavy (non-hydrogen) atoms. The van der Waals surface area contributed by atoms with Gasteiger partial charge in [0.05, 0.1) is 17.3 Å². The van der Waals surface area contributed by atoms with E-state index in [0.717, 1.165) is 42.3 Å². The summed E-state index contributed by atoms with van der Waals surface area (Å²) >= 11 is 0. The van der Waals surface area contributed by atoms with E-state index in [9.17, 15) is 29.4 Å². The highest BCUT2D eigenvalue weighted by Gasteiger charge is 2.36. The van der Waals surface area contributed by atoms with Gasteiger partial charge in [0.15, 0.2) is 5.82 Å². The molecule has 280 valence electrons. The molecule has 1 unspecified atom stereocenters. The molecule has 8 rings (SSSR count).